The van der Waals surface area contributed by atoms with Crippen molar-refractivity contribution in [3.05, 3.63) is 83.9 Å². The Balaban J connectivity index is 1.58. The summed E-state index contributed by atoms with van der Waals surface area (Å²) >= 11 is 0. The van der Waals surface area contributed by atoms with E-state index in [1.54, 1.807) is 0 Å². The molecule has 3 aromatic carbocycles. The lowest BCUT2D eigenvalue weighted by Crippen LogP contribution is -2.33. The van der Waals surface area contributed by atoms with Gasteiger partial charge in [-0.25, -0.2) is 4.99 Å². The first-order valence-corrected chi connectivity index (χ1v) is 7.87. The Kier molecular flexibility index (Phi) is 4.89. The van der Waals surface area contributed by atoms with Gasteiger partial charge in [0.25, 0.3) is 0 Å². The van der Waals surface area contributed by atoms with Crippen LogP contribution in [-0.2, 0) is 13.0 Å². The van der Waals surface area contributed by atoms with Crippen LogP contribution in [0.1, 0.15) is 11.1 Å². The molecule has 3 aromatic rings. The molecule has 23 heavy (non-hydrogen) atoms. The van der Waals surface area contributed by atoms with E-state index >= 15 is 0 Å². The van der Waals surface area contributed by atoms with E-state index in [2.05, 4.69) is 64.9 Å². The molecular weight excluding hydrogens is 282 g/mol. The first-order chi connectivity index (χ1) is 11.3. The van der Waals surface area contributed by atoms with Crippen LogP contribution in [0.4, 0.5) is 0 Å². The molecule has 0 heterocycles. The number of nitrogens with two attached hydrogens (primary N) is 1. The summed E-state index contributed by atoms with van der Waals surface area (Å²) in [4.78, 5) is 4.46. The minimum absolute atomic E-state index is 0.494. The molecule has 0 spiro atoms. The van der Waals surface area contributed by atoms with Crippen molar-refractivity contribution in [3.8, 4) is 0 Å². The van der Waals surface area contributed by atoms with E-state index < -0.39 is 0 Å². The van der Waals surface area contributed by atoms with Gasteiger partial charge in [-0.3, -0.25) is 0 Å². The largest absolute Gasteiger partial charge is 0.370 e. The van der Waals surface area contributed by atoms with Crippen molar-refractivity contribution in [2.24, 2.45) is 10.7 Å². The minimum atomic E-state index is 0.494. The molecular formula is C20H21N3. The number of hydrogen-bond acceptors (Lipinski definition) is 1. The molecule has 3 N–H and O–H groups in total. The first-order valence-electron chi connectivity index (χ1n) is 7.87. The highest BCUT2D eigenvalue weighted by Gasteiger charge is 2.00. The predicted molar refractivity (Wildman–Crippen MR) is 97.4 cm³/mol. The summed E-state index contributed by atoms with van der Waals surface area (Å²) in [5, 5.41) is 5.64. The van der Waals surface area contributed by atoms with Gasteiger partial charge < -0.3 is 11.1 Å². The average molecular weight is 303 g/mol. The van der Waals surface area contributed by atoms with E-state index in [0.29, 0.717) is 12.5 Å². The third kappa shape index (κ3) is 4.10. The molecule has 0 unspecified atom stereocenters. The van der Waals surface area contributed by atoms with Crippen LogP contribution in [-0.4, -0.2) is 12.5 Å². The van der Waals surface area contributed by atoms with E-state index in [4.69, 9.17) is 5.73 Å². The second kappa shape index (κ2) is 7.45. The maximum Gasteiger partial charge on any atom is 0.188 e. The van der Waals surface area contributed by atoms with Crippen molar-refractivity contribution in [3.63, 3.8) is 0 Å². The highest BCUT2D eigenvalue weighted by molar-refractivity contribution is 5.86. The number of nitrogens with zero attached hydrogens (tertiary/aromatic N) is 1. The fourth-order valence-electron chi connectivity index (χ4n) is 2.64. The fraction of sp³-hybridized carbons (Fsp3) is 0.150. The Hall–Kier alpha value is -2.81. The molecule has 0 aliphatic heterocycles. The number of aliphatic imine (C=N–C) groups is 1. The zero-order valence-corrected chi connectivity index (χ0v) is 13.1. The molecule has 0 aromatic heterocycles. The number of rotatable bonds is 5. The van der Waals surface area contributed by atoms with Crippen LogP contribution in [0, 0.1) is 0 Å². The second-order valence-electron chi connectivity index (χ2n) is 5.50. The van der Waals surface area contributed by atoms with Gasteiger partial charge >= 0.3 is 0 Å². The Morgan fingerprint density at radius 1 is 0.870 bits per heavy atom. The number of nitrogens with one attached hydrogen (secondary N) is 1. The smallest absolute Gasteiger partial charge is 0.188 e. The Bertz CT molecular complexity index is 789. The molecule has 0 saturated carbocycles. The van der Waals surface area contributed by atoms with Gasteiger partial charge in [0, 0.05) is 6.54 Å². The van der Waals surface area contributed by atoms with Gasteiger partial charge in [-0.05, 0) is 28.3 Å². The Labute approximate surface area is 136 Å². The van der Waals surface area contributed by atoms with Crippen molar-refractivity contribution in [2.75, 3.05) is 6.54 Å². The van der Waals surface area contributed by atoms with Crippen molar-refractivity contribution in [1.82, 2.24) is 5.32 Å². The molecule has 3 nitrogen and oxygen atoms in total. The molecule has 0 aliphatic rings. The molecule has 0 saturated heterocycles. The number of hydrogen-bond donors (Lipinski definition) is 2. The van der Waals surface area contributed by atoms with E-state index in [9.17, 15) is 0 Å². The maximum atomic E-state index is 5.97. The number of fused-ring (bicyclic) bond motifs is 1. The summed E-state index contributed by atoms with van der Waals surface area (Å²) in [6.07, 6.45) is 0.936. The predicted octanol–water partition coefficient (Wildman–Crippen LogP) is 3.49. The molecule has 0 aliphatic carbocycles. The second-order valence-corrected chi connectivity index (χ2v) is 5.50. The third-order valence-electron chi connectivity index (χ3n) is 3.86. The minimum Gasteiger partial charge on any atom is -0.370 e. The van der Waals surface area contributed by atoms with E-state index in [1.165, 1.54) is 21.9 Å². The van der Waals surface area contributed by atoms with Crippen LogP contribution in [0.25, 0.3) is 10.8 Å². The molecule has 0 radical (unpaired) electrons. The lowest BCUT2D eigenvalue weighted by Gasteiger charge is -2.07. The Morgan fingerprint density at radius 3 is 2.48 bits per heavy atom. The van der Waals surface area contributed by atoms with Crippen molar-refractivity contribution >= 4 is 16.7 Å². The highest BCUT2D eigenvalue weighted by atomic mass is 15.1. The van der Waals surface area contributed by atoms with Crippen LogP contribution in [0.15, 0.2) is 77.8 Å². The van der Waals surface area contributed by atoms with Crippen molar-refractivity contribution in [1.29, 1.82) is 0 Å². The van der Waals surface area contributed by atoms with Crippen LogP contribution >= 0.6 is 0 Å². The van der Waals surface area contributed by atoms with E-state index in [-0.39, 0.29) is 0 Å². The van der Waals surface area contributed by atoms with Gasteiger partial charge in [-0.2, -0.15) is 0 Å². The average Bonchev–Trinajstić information content (AvgIpc) is 2.61. The Morgan fingerprint density at radius 2 is 1.61 bits per heavy atom. The quantitative estimate of drug-likeness (QED) is 0.560. The van der Waals surface area contributed by atoms with Crippen LogP contribution < -0.4 is 11.1 Å². The summed E-state index contributed by atoms with van der Waals surface area (Å²) in [5.41, 5.74) is 8.45. The van der Waals surface area contributed by atoms with Crippen LogP contribution in [0.5, 0.6) is 0 Å². The fourth-order valence-corrected chi connectivity index (χ4v) is 2.64. The summed E-state index contributed by atoms with van der Waals surface area (Å²) in [6, 6.07) is 25.0. The first kappa shape index (κ1) is 15.1. The zero-order valence-electron chi connectivity index (χ0n) is 13.1. The van der Waals surface area contributed by atoms with Crippen molar-refractivity contribution in [2.45, 2.75) is 13.0 Å². The molecule has 3 rings (SSSR count). The third-order valence-corrected chi connectivity index (χ3v) is 3.86. The lowest BCUT2D eigenvalue weighted by molar-refractivity contribution is 0.848. The number of benzene rings is 3. The van der Waals surface area contributed by atoms with Crippen molar-refractivity contribution < 1.29 is 0 Å². The number of guanidine groups is 1. The van der Waals surface area contributed by atoms with Gasteiger partial charge in [0.15, 0.2) is 5.96 Å². The van der Waals surface area contributed by atoms with Gasteiger partial charge in [-0.15, -0.1) is 0 Å². The highest BCUT2D eigenvalue weighted by Crippen LogP contribution is 2.18. The molecule has 0 fully saturated rings. The molecule has 0 bridgehead atoms. The monoisotopic (exact) mass is 303 g/mol. The topological polar surface area (TPSA) is 50.4 Å². The zero-order chi connectivity index (χ0) is 15.9. The summed E-state index contributed by atoms with van der Waals surface area (Å²) in [7, 11) is 0. The van der Waals surface area contributed by atoms with E-state index in [0.717, 1.165) is 13.0 Å². The van der Waals surface area contributed by atoms with Crippen LogP contribution in [0.3, 0.4) is 0 Å². The molecule has 3 heteroatoms. The summed E-state index contributed by atoms with van der Waals surface area (Å²) in [6.45, 7) is 1.38. The normalized spacial score (nSPS) is 11.6. The van der Waals surface area contributed by atoms with Gasteiger partial charge in [0.05, 0.1) is 6.54 Å². The molecule has 0 atom stereocenters. The summed E-state index contributed by atoms with van der Waals surface area (Å²) < 4.78 is 0. The molecule has 116 valence electrons. The SMILES string of the molecule is NC(=NCc1cccc2ccccc12)NCCc1ccccc1. The van der Waals surface area contributed by atoms with Gasteiger partial charge in [-0.1, -0.05) is 72.8 Å². The standard InChI is InChI=1S/C20H21N3/c21-20(22-14-13-16-7-2-1-3-8-16)23-15-18-11-6-10-17-9-4-5-12-19(17)18/h1-12H,13-15H2,(H3,21,22,23). The molecule has 0 amide bonds. The van der Waals surface area contributed by atoms with Gasteiger partial charge in [0.1, 0.15) is 0 Å². The van der Waals surface area contributed by atoms with Crippen LogP contribution in [0.2, 0.25) is 0 Å². The maximum absolute atomic E-state index is 5.97. The summed E-state index contributed by atoms with van der Waals surface area (Å²) in [5.74, 6) is 0.494. The lowest BCUT2D eigenvalue weighted by atomic mass is 10.1. The van der Waals surface area contributed by atoms with Gasteiger partial charge in [0.2, 0.25) is 0 Å². The van der Waals surface area contributed by atoms with E-state index in [1.807, 2.05) is 18.2 Å².